The van der Waals surface area contributed by atoms with E-state index in [2.05, 4.69) is 5.32 Å². The molecule has 0 bridgehead atoms. The second-order valence-electron chi connectivity index (χ2n) is 4.48. The average molecular weight is 296 g/mol. The molecule has 7 heteroatoms. The number of nitro benzene ring substituents is 1. The molecule has 0 aliphatic rings. The highest BCUT2D eigenvalue weighted by atomic mass is 19.1. The Bertz CT molecular complexity index is 705. The Balaban J connectivity index is 2.27. The fourth-order valence-electron chi connectivity index (χ4n) is 1.82. The molecule has 1 N–H and O–H groups in total. The van der Waals surface area contributed by atoms with E-state index >= 15 is 0 Å². The van der Waals surface area contributed by atoms with Gasteiger partial charge in [-0.05, 0) is 24.1 Å². The van der Waals surface area contributed by atoms with Crippen LogP contribution in [-0.2, 0) is 6.54 Å². The van der Waals surface area contributed by atoms with Crippen LogP contribution in [0.4, 0.5) is 24.5 Å². The maximum atomic E-state index is 13.6. The Morgan fingerprint density at radius 3 is 2.48 bits per heavy atom. The molecular weight excluding hydrogens is 285 g/mol. The molecule has 0 aliphatic carbocycles. The lowest BCUT2D eigenvalue weighted by Gasteiger charge is -2.09. The van der Waals surface area contributed by atoms with Gasteiger partial charge in [-0.15, -0.1) is 0 Å². The Kier molecular flexibility index (Phi) is 4.11. The number of nitrogens with zero attached hydrogens (tertiary/aromatic N) is 1. The molecule has 21 heavy (non-hydrogen) atoms. The molecule has 0 unspecified atom stereocenters. The zero-order valence-electron chi connectivity index (χ0n) is 11.0. The number of nitro groups is 1. The maximum Gasteiger partial charge on any atom is 0.298 e. The van der Waals surface area contributed by atoms with Crippen LogP contribution in [-0.4, -0.2) is 4.92 Å². The average Bonchev–Trinajstić information content (AvgIpc) is 2.40. The van der Waals surface area contributed by atoms with Crippen LogP contribution >= 0.6 is 0 Å². The van der Waals surface area contributed by atoms with Crippen molar-refractivity contribution < 1.29 is 18.1 Å². The smallest absolute Gasteiger partial charge is 0.298 e. The summed E-state index contributed by atoms with van der Waals surface area (Å²) < 4.78 is 40.0. The van der Waals surface area contributed by atoms with Gasteiger partial charge in [0.05, 0.1) is 11.0 Å². The summed E-state index contributed by atoms with van der Waals surface area (Å²) in [6.07, 6.45) is 0. The van der Waals surface area contributed by atoms with Crippen molar-refractivity contribution in [2.45, 2.75) is 13.5 Å². The quantitative estimate of drug-likeness (QED) is 0.687. The lowest BCUT2D eigenvalue weighted by Crippen LogP contribution is -2.06. The molecule has 0 aromatic heterocycles. The van der Waals surface area contributed by atoms with E-state index in [0.29, 0.717) is 23.3 Å². The first kappa shape index (κ1) is 14.8. The summed E-state index contributed by atoms with van der Waals surface area (Å²) in [6.45, 7) is 1.57. The van der Waals surface area contributed by atoms with E-state index < -0.39 is 33.7 Å². The number of halogens is 3. The van der Waals surface area contributed by atoms with Crippen molar-refractivity contribution in [1.82, 2.24) is 0 Å². The normalized spacial score (nSPS) is 10.5. The van der Waals surface area contributed by atoms with Gasteiger partial charge >= 0.3 is 0 Å². The molecule has 0 atom stereocenters. The van der Waals surface area contributed by atoms with Crippen molar-refractivity contribution >= 4 is 11.4 Å². The van der Waals surface area contributed by atoms with Gasteiger partial charge in [0.1, 0.15) is 17.3 Å². The standard InChI is InChI=1S/C14H11F3N2O2/c1-8-2-3-9(4-11(8)16)7-18-14-12(17)5-10(15)6-13(14)19(20)21/h2-6,18H,7H2,1H3. The second kappa shape index (κ2) is 5.82. The molecular formula is C14H11F3N2O2. The predicted octanol–water partition coefficient (Wildman–Crippen LogP) is 3.93. The van der Waals surface area contributed by atoms with Crippen LogP contribution in [0.2, 0.25) is 0 Å². The summed E-state index contributed by atoms with van der Waals surface area (Å²) in [6, 6.07) is 5.57. The van der Waals surface area contributed by atoms with Gasteiger partial charge < -0.3 is 5.32 Å². The predicted molar refractivity (Wildman–Crippen MR) is 71.5 cm³/mol. The molecule has 0 heterocycles. The fourth-order valence-corrected chi connectivity index (χ4v) is 1.82. The van der Waals surface area contributed by atoms with Gasteiger partial charge in [-0.25, -0.2) is 13.2 Å². The number of hydrogen-bond acceptors (Lipinski definition) is 3. The van der Waals surface area contributed by atoms with Gasteiger partial charge in [-0.2, -0.15) is 0 Å². The first-order valence-corrected chi connectivity index (χ1v) is 6.01. The summed E-state index contributed by atoms with van der Waals surface area (Å²) in [5, 5.41) is 13.3. The Labute approximate surface area is 118 Å². The number of benzene rings is 2. The molecule has 0 aliphatic heterocycles. The Hall–Kier alpha value is -2.57. The molecule has 0 amide bonds. The van der Waals surface area contributed by atoms with Crippen molar-refractivity contribution in [1.29, 1.82) is 0 Å². The highest BCUT2D eigenvalue weighted by Gasteiger charge is 2.20. The lowest BCUT2D eigenvalue weighted by molar-refractivity contribution is -0.384. The third-order valence-electron chi connectivity index (χ3n) is 2.94. The van der Waals surface area contributed by atoms with Crippen LogP contribution in [0.3, 0.4) is 0 Å². The minimum absolute atomic E-state index is 0.0272. The van der Waals surface area contributed by atoms with E-state index in [1.54, 1.807) is 19.1 Å². The summed E-state index contributed by atoms with van der Waals surface area (Å²) in [5.41, 5.74) is -0.198. The van der Waals surface area contributed by atoms with E-state index in [4.69, 9.17) is 0 Å². The number of nitrogens with one attached hydrogen (secondary N) is 1. The molecule has 0 radical (unpaired) electrons. The largest absolute Gasteiger partial charge is 0.373 e. The molecule has 0 saturated heterocycles. The summed E-state index contributed by atoms with van der Waals surface area (Å²) in [4.78, 5) is 9.92. The van der Waals surface area contributed by atoms with Crippen molar-refractivity contribution in [2.75, 3.05) is 5.32 Å². The van der Waals surface area contributed by atoms with E-state index in [1.807, 2.05) is 0 Å². The number of hydrogen-bond donors (Lipinski definition) is 1. The number of aryl methyl sites for hydroxylation is 1. The summed E-state index contributed by atoms with van der Waals surface area (Å²) in [7, 11) is 0. The number of rotatable bonds is 4. The first-order chi connectivity index (χ1) is 9.88. The van der Waals surface area contributed by atoms with Gasteiger partial charge in [-0.1, -0.05) is 12.1 Å². The van der Waals surface area contributed by atoms with Gasteiger partial charge in [0.15, 0.2) is 5.82 Å². The van der Waals surface area contributed by atoms with Gasteiger partial charge in [-0.3, -0.25) is 10.1 Å². The minimum atomic E-state index is -1.07. The van der Waals surface area contributed by atoms with Crippen molar-refractivity contribution in [2.24, 2.45) is 0 Å². The molecule has 0 saturated carbocycles. The van der Waals surface area contributed by atoms with Gasteiger partial charge in [0, 0.05) is 12.6 Å². The van der Waals surface area contributed by atoms with Crippen LogP contribution in [0.25, 0.3) is 0 Å². The highest BCUT2D eigenvalue weighted by molar-refractivity contribution is 5.62. The monoisotopic (exact) mass is 296 g/mol. The second-order valence-corrected chi connectivity index (χ2v) is 4.48. The third-order valence-corrected chi connectivity index (χ3v) is 2.94. The summed E-state index contributed by atoms with van der Waals surface area (Å²) >= 11 is 0. The minimum Gasteiger partial charge on any atom is -0.373 e. The van der Waals surface area contributed by atoms with Crippen molar-refractivity contribution in [3.8, 4) is 0 Å². The van der Waals surface area contributed by atoms with Gasteiger partial charge in [0.25, 0.3) is 5.69 Å². The van der Waals surface area contributed by atoms with Crippen molar-refractivity contribution in [3.63, 3.8) is 0 Å². The third kappa shape index (κ3) is 3.31. The highest BCUT2D eigenvalue weighted by Crippen LogP contribution is 2.29. The lowest BCUT2D eigenvalue weighted by atomic mass is 10.1. The Morgan fingerprint density at radius 1 is 1.14 bits per heavy atom. The SMILES string of the molecule is Cc1ccc(CNc2c(F)cc(F)cc2[N+](=O)[O-])cc1F. The zero-order valence-corrected chi connectivity index (χ0v) is 11.0. The topological polar surface area (TPSA) is 55.2 Å². The molecule has 0 fully saturated rings. The maximum absolute atomic E-state index is 13.6. The molecule has 0 spiro atoms. The van der Waals surface area contributed by atoms with Crippen LogP contribution in [0, 0.1) is 34.5 Å². The summed E-state index contributed by atoms with van der Waals surface area (Å²) in [5.74, 6) is -2.54. The Morgan fingerprint density at radius 2 is 1.86 bits per heavy atom. The molecule has 110 valence electrons. The molecule has 4 nitrogen and oxygen atoms in total. The van der Waals surface area contributed by atoms with Crippen LogP contribution in [0.5, 0.6) is 0 Å². The number of anilines is 1. The molecule has 2 rings (SSSR count). The van der Waals surface area contributed by atoms with E-state index in [9.17, 15) is 23.3 Å². The van der Waals surface area contributed by atoms with E-state index in [-0.39, 0.29) is 6.54 Å². The van der Waals surface area contributed by atoms with Gasteiger partial charge in [0.2, 0.25) is 0 Å². The van der Waals surface area contributed by atoms with Crippen LogP contribution < -0.4 is 5.32 Å². The van der Waals surface area contributed by atoms with Crippen LogP contribution in [0.1, 0.15) is 11.1 Å². The molecule has 2 aromatic rings. The molecule has 2 aromatic carbocycles. The van der Waals surface area contributed by atoms with Crippen LogP contribution in [0.15, 0.2) is 30.3 Å². The van der Waals surface area contributed by atoms with Crippen molar-refractivity contribution in [3.05, 3.63) is 69.0 Å². The van der Waals surface area contributed by atoms with E-state index in [0.717, 1.165) is 0 Å². The fraction of sp³-hybridized carbons (Fsp3) is 0.143. The van der Waals surface area contributed by atoms with E-state index in [1.165, 1.54) is 6.07 Å². The first-order valence-electron chi connectivity index (χ1n) is 6.01. The zero-order chi connectivity index (χ0) is 15.6.